The molecule has 0 fully saturated rings. The maximum atomic E-state index is 12.2. The molecule has 0 aromatic heterocycles. The molecule has 0 saturated carbocycles. The lowest BCUT2D eigenvalue weighted by atomic mass is 9.97. The molecule has 2 aromatic rings. The van der Waals surface area contributed by atoms with Crippen LogP contribution in [0.1, 0.15) is 12.5 Å². The van der Waals surface area contributed by atoms with Crippen molar-refractivity contribution in [2.75, 3.05) is 6.54 Å². The van der Waals surface area contributed by atoms with Crippen LogP contribution in [0.2, 0.25) is 5.02 Å². The Morgan fingerprint density at radius 2 is 1.81 bits per heavy atom. The van der Waals surface area contributed by atoms with Gasteiger partial charge in [-0.15, -0.1) is 0 Å². The van der Waals surface area contributed by atoms with Gasteiger partial charge in [-0.3, -0.25) is 0 Å². The molecular weight excluding hydrogens is 310 g/mol. The van der Waals surface area contributed by atoms with Crippen LogP contribution in [0.4, 0.5) is 0 Å². The number of sulfonamides is 1. The van der Waals surface area contributed by atoms with Gasteiger partial charge in [0.1, 0.15) is 5.60 Å². The first kappa shape index (κ1) is 16.0. The number of benzene rings is 2. The molecule has 0 radical (unpaired) electrons. The molecule has 4 nitrogen and oxygen atoms in total. The molecule has 0 aliphatic carbocycles. The quantitative estimate of drug-likeness (QED) is 0.887. The summed E-state index contributed by atoms with van der Waals surface area (Å²) in [5, 5.41) is 10.7. The van der Waals surface area contributed by atoms with Crippen LogP contribution in [0.15, 0.2) is 59.5 Å². The van der Waals surface area contributed by atoms with Crippen LogP contribution in [0.5, 0.6) is 0 Å². The third-order valence-corrected chi connectivity index (χ3v) is 4.74. The SMILES string of the molecule is C[C@](O)(CNS(=O)(=O)c1cccc(Cl)c1)c1ccccc1. The first-order valence-electron chi connectivity index (χ1n) is 6.34. The van der Waals surface area contributed by atoms with Crippen molar-refractivity contribution in [2.45, 2.75) is 17.4 Å². The van der Waals surface area contributed by atoms with E-state index in [0.717, 1.165) is 0 Å². The molecular formula is C15H16ClNO3S. The zero-order valence-corrected chi connectivity index (χ0v) is 13.0. The second-order valence-corrected chi connectivity index (χ2v) is 7.13. The van der Waals surface area contributed by atoms with Crippen molar-refractivity contribution in [3.8, 4) is 0 Å². The number of rotatable bonds is 5. The van der Waals surface area contributed by atoms with Gasteiger partial charge in [-0.1, -0.05) is 48.0 Å². The van der Waals surface area contributed by atoms with Gasteiger partial charge in [-0.25, -0.2) is 13.1 Å². The van der Waals surface area contributed by atoms with Crippen LogP contribution in [0.25, 0.3) is 0 Å². The Morgan fingerprint density at radius 3 is 2.43 bits per heavy atom. The highest BCUT2D eigenvalue weighted by Crippen LogP contribution is 2.21. The van der Waals surface area contributed by atoms with Crippen molar-refractivity contribution >= 4 is 21.6 Å². The summed E-state index contributed by atoms with van der Waals surface area (Å²) < 4.78 is 26.8. The zero-order chi connectivity index (χ0) is 15.5. The standard InChI is InChI=1S/C15H16ClNO3S/c1-15(18,12-6-3-2-4-7-12)11-17-21(19,20)14-9-5-8-13(16)10-14/h2-10,17-18H,11H2,1H3/t15-/m0/s1. The van der Waals surface area contributed by atoms with Crippen LogP contribution < -0.4 is 4.72 Å². The van der Waals surface area contributed by atoms with Crippen LogP contribution in [0, 0.1) is 0 Å². The monoisotopic (exact) mass is 325 g/mol. The summed E-state index contributed by atoms with van der Waals surface area (Å²) in [5.41, 5.74) is -0.661. The van der Waals surface area contributed by atoms with E-state index in [1.54, 1.807) is 43.3 Å². The minimum Gasteiger partial charge on any atom is -0.384 e. The van der Waals surface area contributed by atoms with E-state index in [9.17, 15) is 13.5 Å². The molecule has 21 heavy (non-hydrogen) atoms. The summed E-state index contributed by atoms with van der Waals surface area (Å²) in [6.07, 6.45) is 0. The fraction of sp³-hybridized carbons (Fsp3) is 0.200. The van der Waals surface area contributed by atoms with Crippen LogP contribution in [0.3, 0.4) is 0 Å². The van der Waals surface area contributed by atoms with Gasteiger partial charge >= 0.3 is 0 Å². The van der Waals surface area contributed by atoms with Gasteiger partial charge in [0, 0.05) is 11.6 Å². The molecule has 0 aliphatic heterocycles. The van der Waals surface area contributed by atoms with E-state index < -0.39 is 15.6 Å². The van der Waals surface area contributed by atoms with Gasteiger partial charge in [-0.2, -0.15) is 0 Å². The number of hydrogen-bond donors (Lipinski definition) is 2. The minimum atomic E-state index is -3.72. The lowest BCUT2D eigenvalue weighted by Gasteiger charge is -2.24. The average Bonchev–Trinajstić information content (AvgIpc) is 2.46. The van der Waals surface area contributed by atoms with Gasteiger partial charge in [0.05, 0.1) is 4.90 Å². The highest BCUT2D eigenvalue weighted by Gasteiger charge is 2.26. The summed E-state index contributed by atoms with van der Waals surface area (Å²) in [7, 11) is -3.72. The summed E-state index contributed by atoms with van der Waals surface area (Å²) >= 11 is 5.80. The molecule has 2 rings (SSSR count). The van der Waals surface area contributed by atoms with E-state index in [0.29, 0.717) is 10.6 Å². The Kier molecular flexibility index (Phi) is 4.68. The lowest BCUT2D eigenvalue weighted by Crippen LogP contribution is -2.38. The fourth-order valence-electron chi connectivity index (χ4n) is 1.85. The van der Waals surface area contributed by atoms with Crippen molar-refractivity contribution in [2.24, 2.45) is 0 Å². The van der Waals surface area contributed by atoms with Gasteiger partial charge in [-0.05, 0) is 30.7 Å². The Labute approximate surface area is 129 Å². The van der Waals surface area contributed by atoms with E-state index in [1.807, 2.05) is 6.07 Å². The van der Waals surface area contributed by atoms with E-state index in [-0.39, 0.29) is 11.4 Å². The Hall–Kier alpha value is -1.40. The molecule has 2 aromatic carbocycles. The Balaban J connectivity index is 2.15. The van der Waals surface area contributed by atoms with E-state index in [2.05, 4.69) is 4.72 Å². The summed E-state index contributed by atoms with van der Waals surface area (Å²) in [6.45, 7) is 1.43. The van der Waals surface area contributed by atoms with Crippen LogP contribution in [-0.2, 0) is 15.6 Å². The van der Waals surface area contributed by atoms with Crippen LogP contribution >= 0.6 is 11.6 Å². The van der Waals surface area contributed by atoms with Crippen molar-refractivity contribution in [1.29, 1.82) is 0 Å². The van der Waals surface area contributed by atoms with Crippen molar-refractivity contribution in [3.05, 3.63) is 65.2 Å². The van der Waals surface area contributed by atoms with Crippen LogP contribution in [-0.4, -0.2) is 20.1 Å². The zero-order valence-electron chi connectivity index (χ0n) is 11.5. The second kappa shape index (κ2) is 6.15. The molecule has 0 spiro atoms. The normalized spacial score (nSPS) is 14.6. The van der Waals surface area contributed by atoms with Crippen molar-refractivity contribution in [1.82, 2.24) is 4.72 Å². The number of hydrogen-bond acceptors (Lipinski definition) is 3. The molecule has 0 saturated heterocycles. The maximum absolute atomic E-state index is 12.2. The molecule has 1 atom stereocenters. The third kappa shape index (κ3) is 4.04. The topological polar surface area (TPSA) is 66.4 Å². The number of aliphatic hydroxyl groups is 1. The minimum absolute atomic E-state index is 0.0684. The van der Waals surface area contributed by atoms with Gasteiger partial charge in [0.2, 0.25) is 10.0 Å². The Bertz CT molecular complexity index is 715. The molecule has 0 amide bonds. The predicted octanol–water partition coefficient (Wildman–Crippen LogP) is 2.53. The maximum Gasteiger partial charge on any atom is 0.240 e. The first-order valence-corrected chi connectivity index (χ1v) is 8.20. The average molecular weight is 326 g/mol. The summed E-state index contributed by atoms with van der Waals surface area (Å²) in [6, 6.07) is 14.9. The smallest absolute Gasteiger partial charge is 0.240 e. The van der Waals surface area contributed by atoms with Gasteiger partial charge in [0.15, 0.2) is 0 Å². The fourth-order valence-corrected chi connectivity index (χ4v) is 3.28. The third-order valence-electron chi connectivity index (χ3n) is 3.11. The van der Waals surface area contributed by atoms with E-state index in [1.165, 1.54) is 12.1 Å². The largest absolute Gasteiger partial charge is 0.384 e. The molecule has 6 heteroatoms. The number of nitrogens with one attached hydrogen (secondary N) is 1. The molecule has 0 bridgehead atoms. The number of halogens is 1. The second-order valence-electron chi connectivity index (χ2n) is 4.92. The molecule has 112 valence electrons. The summed E-state index contributed by atoms with van der Waals surface area (Å²) in [4.78, 5) is 0.0684. The van der Waals surface area contributed by atoms with E-state index >= 15 is 0 Å². The predicted molar refractivity (Wildman–Crippen MR) is 82.7 cm³/mol. The Morgan fingerprint density at radius 1 is 1.14 bits per heavy atom. The molecule has 0 unspecified atom stereocenters. The van der Waals surface area contributed by atoms with Crippen molar-refractivity contribution in [3.63, 3.8) is 0 Å². The highest BCUT2D eigenvalue weighted by molar-refractivity contribution is 7.89. The highest BCUT2D eigenvalue weighted by atomic mass is 35.5. The van der Waals surface area contributed by atoms with E-state index in [4.69, 9.17) is 11.6 Å². The molecule has 0 heterocycles. The van der Waals surface area contributed by atoms with Gasteiger partial charge in [0.25, 0.3) is 0 Å². The van der Waals surface area contributed by atoms with Crippen molar-refractivity contribution < 1.29 is 13.5 Å². The van der Waals surface area contributed by atoms with Gasteiger partial charge < -0.3 is 5.11 Å². The first-order chi connectivity index (χ1) is 9.81. The summed E-state index contributed by atoms with van der Waals surface area (Å²) in [5.74, 6) is 0. The molecule has 2 N–H and O–H groups in total. The molecule has 0 aliphatic rings. The lowest BCUT2D eigenvalue weighted by molar-refractivity contribution is 0.0627.